The number of hydroxylamine groups is 3. The van der Waals surface area contributed by atoms with Crippen LogP contribution in [0.2, 0.25) is 15.1 Å². The average Bonchev–Trinajstić information content (AvgIpc) is 3.37. The number of halogens is 9. The molecular formula is C49H47Cl3F3I3N6O11. The van der Waals surface area contributed by atoms with E-state index in [1.54, 1.807) is 36.4 Å². The molecule has 75 heavy (non-hydrogen) atoms. The SMILES string of the molecule is COCCONC(=O)c1ccc(F)cc1Nc1ccc(I)cc1Cl.O=C(NOCC(O)CO)c1ccc(F)cc1Nc1ccc(I)cc1Cl.O=C(NOCCC(O)CO)c1ccc(F)cc1Nc1ccc(I)cc1Cl. The predicted molar refractivity (Wildman–Crippen MR) is 304 cm³/mol. The molecule has 0 aliphatic heterocycles. The van der Waals surface area contributed by atoms with Gasteiger partial charge in [0.05, 0.1) is 105 Å². The van der Waals surface area contributed by atoms with Gasteiger partial charge in [0.25, 0.3) is 17.7 Å². The maximum Gasteiger partial charge on any atom is 0.276 e. The highest BCUT2D eigenvalue weighted by Crippen LogP contribution is 2.32. The van der Waals surface area contributed by atoms with Crippen LogP contribution in [0.4, 0.5) is 47.3 Å². The number of aliphatic hydroxyl groups excluding tert-OH is 4. The summed E-state index contributed by atoms with van der Waals surface area (Å²) in [6.45, 7) is -0.609. The van der Waals surface area contributed by atoms with Gasteiger partial charge in [-0.05, 0) is 177 Å². The fourth-order valence-corrected chi connectivity index (χ4v) is 8.44. The van der Waals surface area contributed by atoms with Crippen LogP contribution in [0, 0.1) is 28.2 Å². The summed E-state index contributed by atoms with van der Waals surface area (Å²) in [5.41, 5.74) is 9.45. The summed E-state index contributed by atoms with van der Waals surface area (Å²) in [5.74, 6) is -3.26. The number of anilines is 6. The number of benzene rings is 6. The van der Waals surface area contributed by atoms with Gasteiger partial charge in [0, 0.05) is 24.2 Å². The van der Waals surface area contributed by atoms with E-state index in [1.165, 1.54) is 43.5 Å². The Kier molecular flexibility index (Phi) is 27.9. The van der Waals surface area contributed by atoms with E-state index in [0.717, 1.165) is 28.9 Å². The second-order valence-corrected chi connectivity index (χ2v) is 20.0. The number of nitrogens with one attached hydrogen (secondary N) is 6. The second kappa shape index (κ2) is 33.1. The fraction of sp³-hybridized carbons (Fsp3) is 0.204. The Morgan fingerprint density at radius 2 is 0.840 bits per heavy atom. The van der Waals surface area contributed by atoms with E-state index >= 15 is 0 Å². The number of rotatable bonds is 22. The lowest BCUT2D eigenvalue weighted by molar-refractivity contribution is -0.0295. The van der Waals surface area contributed by atoms with Crippen molar-refractivity contribution in [3.63, 3.8) is 0 Å². The van der Waals surface area contributed by atoms with Gasteiger partial charge < -0.3 is 41.1 Å². The fourth-order valence-electron chi connectivity index (χ4n) is 5.73. The minimum absolute atomic E-state index is 0.0143. The van der Waals surface area contributed by atoms with Gasteiger partial charge in [0.1, 0.15) is 30.2 Å². The standard InChI is InChI=1S/C17H17ClFIN2O4.C16H15ClFIN2O4.C16H15ClFIN2O3/c18-14-8-11(20)2-4-15(14)21-16-7-10(19)1-3-13(16)17(25)22-26-6-5-12(24)9-23;17-13-6-10(19)2-4-14(13)20-15-5-9(18)1-3-12(15)16(24)21-25-8-11(23)7-22;1-23-6-7-24-21-16(22)12-4-2-10(18)8-15(12)20-14-5-3-11(19)9-13(14)17/h1-4,7-8,12,21,23-24H,5-6,9H2,(H,22,25);1-6,11,20,22-23H,7-8H2,(H,21,24);2-5,8-9,20H,6-7H2,1H3,(H,21,22). The first-order valence-corrected chi connectivity index (χ1v) is 26.1. The highest BCUT2D eigenvalue weighted by atomic mass is 127. The van der Waals surface area contributed by atoms with Crippen LogP contribution in [0.15, 0.2) is 109 Å². The van der Waals surface area contributed by atoms with Crippen LogP contribution in [0.25, 0.3) is 0 Å². The molecule has 17 nitrogen and oxygen atoms in total. The molecular weight excluding hydrogens is 1390 g/mol. The van der Waals surface area contributed by atoms with Crippen LogP contribution in [0.5, 0.6) is 0 Å². The Morgan fingerprint density at radius 3 is 1.17 bits per heavy atom. The van der Waals surface area contributed by atoms with Crippen LogP contribution < -0.4 is 32.4 Å². The first kappa shape index (κ1) is 63.2. The number of hydrogen-bond donors (Lipinski definition) is 10. The molecule has 0 heterocycles. The summed E-state index contributed by atoms with van der Waals surface area (Å²) < 4.78 is 48.4. The van der Waals surface area contributed by atoms with Crippen molar-refractivity contribution in [2.24, 2.45) is 0 Å². The minimum atomic E-state index is -1.11. The maximum atomic E-state index is 13.6. The molecule has 0 saturated carbocycles. The summed E-state index contributed by atoms with van der Waals surface area (Å²) in [7, 11) is 1.53. The lowest BCUT2D eigenvalue weighted by atomic mass is 10.1. The van der Waals surface area contributed by atoms with Crippen molar-refractivity contribution in [3.8, 4) is 0 Å². The summed E-state index contributed by atoms with van der Waals surface area (Å²) in [6.07, 6.45) is -1.88. The molecule has 0 saturated heterocycles. The van der Waals surface area contributed by atoms with E-state index in [1.807, 2.05) is 18.2 Å². The summed E-state index contributed by atoms with van der Waals surface area (Å²) in [5, 5.41) is 46.0. The number of carbonyl (C=O) groups is 3. The Bertz CT molecular complexity index is 2870. The van der Waals surface area contributed by atoms with Crippen molar-refractivity contribution in [1.29, 1.82) is 0 Å². The van der Waals surface area contributed by atoms with E-state index in [2.05, 4.69) is 100 Å². The lowest BCUT2D eigenvalue weighted by Crippen LogP contribution is -2.30. The van der Waals surface area contributed by atoms with E-state index in [4.69, 9.17) is 64.3 Å². The number of carbonyl (C=O) groups excluding carboxylic acids is 3. The highest BCUT2D eigenvalue weighted by molar-refractivity contribution is 14.1. The van der Waals surface area contributed by atoms with E-state index in [0.29, 0.717) is 38.7 Å². The molecule has 6 rings (SSSR count). The molecule has 26 heteroatoms. The topological polar surface area (TPSA) is 241 Å². The molecule has 6 aromatic carbocycles. The monoisotopic (exact) mass is 1440 g/mol. The normalized spacial score (nSPS) is 11.4. The van der Waals surface area contributed by atoms with Gasteiger partial charge in [-0.3, -0.25) is 28.9 Å². The van der Waals surface area contributed by atoms with Gasteiger partial charge in [-0.15, -0.1) is 0 Å². The van der Waals surface area contributed by atoms with Crippen molar-refractivity contribution in [2.75, 3.05) is 62.7 Å². The van der Waals surface area contributed by atoms with Gasteiger partial charge in [-0.2, -0.15) is 0 Å². The molecule has 0 fully saturated rings. The second-order valence-electron chi connectivity index (χ2n) is 15.1. The Morgan fingerprint density at radius 1 is 0.493 bits per heavy atom. The Balaban J connectivity index is 0.000000244. The van der Waals surface area contributed by atoms with Crippen LogP contribution >= 0.6 is 103 Å². The van der Waals surface area contributed by atoms with Crippen molar-refractivity contribution in [3.05, 3.63) is 169 Å². The molecule has 3 amide bonds. The highest BCUT2D eigenvalue weighted by Gasteiger charge is 2.18. The first-order chi connectivity index (χ1) is 35.8. The van der Waals surface area contributed by atoms with E-state index in [9.17, 15) is 37.8 Å². The number of amides is 3. The van der Waals surface area contributed by atoms with Crippen LogP contribution in [0.1, 0.15) is 37.5 Å². The summed E-state index contributed by atoms with van der Waals surface area (Å²) >= 11 is 24.8. The van der Waals surface area contributed by atoms with Gasteiger partial charge >= 0.3 is 0 Å². The third kappa shape index (κ3) is 21.9. The minimum Gasteiger partial charge on any atom is -0.394 e. The van der Waals surface area contributed by atoms with Gasteiger partial charge in [0.2, 0.25) is 0 Å². The first-order valence-electron chi connectivity index (χ1n) is 21.7. The third-order valence-corrected chi connectivity index (χ3v) is 12.4. The Labute approximate surface area is 484 Å². The maximum absolute atomic E-state index is 13.6. The number of methoxy groups -OCH3 is 1. The van der Waals surface area contributed by atoms with Gasteiger partial charge in [0.15, 0.2) is 0 Å². The lowest BCUT2D eigenvalue weighted by Gasteiger charge is -2.14. The van der Waals surface area contributed by atoms with Crippen LogP contribution in [-0.4, -0.2) is 97.1 Å². The molecule has 0 aliphatic rings. The average molecular weight is 1440 g/mol. The molecule has 2 unspecified atom stereocenters. The quantitative estimate of drug-likeness (QED) is 0.0173. The van der Waals surface area contributed by atoms with Crippen molar-refractivity contribution < 1.29 is 67.2 Å². The molecule has 2 atom stereocenters. The van der Waals surface area contributed by atoms with E-state index < -0.39 is 54.0 Å². The zero-order chi connectivity index (χ0) is 55.0. The summed E-state index contributed by atoms with van der Waals surface area (Å²) in [6, 6.07) is 26.9. The third-order valence-electron chi connectivity index (χ3n) is 9.41. The van der Waals surface area contributed by atoms with Gasteiger partial charge in [-0.1, -0.05) is 34.8 Å². The zero-order valence-electron chi connectivity index (χ0n) is 39.0. The van der Waals surface area contributed by atoms with Crippen LogP contribution in [-0.2, 0) is 19.2 Å². The smallest absolute Gasteiger partial charge is 0.276 e. The largest absolute Gasteiger partial charge is 0.394 e. The molecule has 0 bridgehead atoms. The number of hydrogen-bond acceptors (Lipinski definition) is 14. The molecule has 0 spiro atoms. The van der Waals surface area contributed by atoms with E-state index in [-0.39, 0.29) is 66.6 Å². The Hall–Kier alpha value is -4.34. The zero-order valence-corrected chi connectivity index (χ0v) is 47.8. The molecule has 10 N–H and O–H groups in total. The predicted octanol–water partition coefficient (Wildman–Crippen LogP) is 10.2. The van der Waals surface area contributed by atoms with Crippen molar-refractivity contribution in [2.45, 2.75) is 18.6 Å². The van der Waals surface area contributed by atoms with Crippen LogP contribution in [0.3, 0.4) is 0 Å². The van der Waals surface area contributed by atoms with Crippen molar-refractivity contribution in [1.82, 2.24) is 16.4 Å². The summed E-state index contributed by atoms with van der Waals surface area (Å²) in [4.78, 5) is 51.5. The molecule has 0 aliphatic carbocycles. The molecule has 402 valence electrons. The number of ether oxygens (including phenoxy) is 1. The van der Waals surface area contributed by atoms with Crippen molar-refractivity contribution >= 4 is 154 Å². The number of aliphatic hydroxyl groups is 4. The molecule has 6 aromatic rings. The molecule has 0 radical (unpaired) electrons. The molecule has 0 aromatic heterocycles. The van der Waals surface area contributed by atoms with Gasteiger partial charge in [-0.25, -0.2) is 29.6 Å².